The van der Waals surface area contributed by atoms with Gasteiger partial charge in [-0.25, -0.2) is 0 Å². The maximum atomic E-state index is 6.33. The van der Waals surface area contributed by atoms with E-state index in [-0.39, 0.29) is 6.10 Å². The molecule has 2 rings (SSSR count). The van der Waals surface area contributed by atoms with E-state index in [0.29, 0.717) is 21.5 Å². The summed E-state index contributed by atoms with van der Waals surface area (Å²) in [6.45, 7) is 4.05. The second-order valence-electron chi connectivity index (χ2n) is 5.11. The lowest BCUT2D eigenvalue weighted by atomic mass is 10.2. The lowest BCUT2D eigenvalue weighted by Gasteiger charge is -2.17. The Kier molecular flexibility index (Phi) is 6.31. The Balaban J connectivity index is 2.26. The van der Waals surface area contributed by atoms with E-state index >= 15 is 0 Å². The molecule has 0 N–H and O–H groups in total. The number of halogens is 2. The second kappa shape index (κ2) is 8.23. The van der Waals surface area contributed by atoms with Crippen LogP contribution in [0.25, 0.3) is 0 Å². The molecule has 0 saturated heterocycles. The molecule has 0 aliphatic rings. The fourth-order valence-electron chi connectivity index (χ4n) is 1.89. The number of methoxy groups -OCH3 is 1. The summed E-state index contributed by atoms with van der Waals surface area (Å²) in [5, 5.41) is 1.18. The van der Waals surface area contributed by atoms with Crippen LogP contribution in [0.1, 0.15) is 25.8 Å². The van der Waals surface area contributed by atoms with Crippen molar-refractivity contribution in [3.63, 3.8) is 0 Å². The SMILES string of the molecule is CC[C@H](C)Oc1c(Cl)cc(C=Nc2ccc(Cl)cc2)cc1OC. The first-order chi connectivity index (χ1) is 11.0. The Hall–Kier alpha value is -1.71. The zero-order valence-corrected chi connectivity index (χ0v) is 14.9. The number of benzene rings is 2. The first-order valence-corrected chi connectivity index (χ1v) is 8.13. The minimum absolute atomic E-state index is 0.0648. The fraction of sp³-hybridized carbons (Fsp3) is 0.278. The van der Waals surface area contributed by atoms with E-state index < -0.39 is 0 Å². The maximum absolute atomic E-state index is 6.33. The Morgan fingerprint density at radius 1 is 1.17 bits per heavy atom. The number of hydrogen-bond donors (Lipinski definition) is 0. The van der Waals surface area contributed by atoms with Crippen LogP contribution in [0.5, 0.6) is 11.5 Å². The van der Waals surface area contributed by atoms with Crippen molar-refractivity contribution in [2.45, 2.75) is 26.4 Å². The first kappa shape index (κ1) is 17.6. The van der Waals surface area contributed by atoms with Crippen LogP contribution in [0.15, 0.2) is 41.4 Å². The summed E-state index contributed by atoms with van der Waals surface area (Å²) in [6.07, 6.45) is 2.68. The van der Waals surface area contributed by atoms with Crippen LogP contribution >= 0.6 is 23.2 Å². The van der Waals surface area contributed by atoms with E-state index in [4.69, 9.17) is 32.7 Å². The van der Waals surface area contributed by atoms with Gasteiger partial charge in [-0.2, -0.15) is 0 Å². The molecule has 0 amide bonds. The molecule has 0 spiro atoms. The van der Waals surface area contributed by atoms with Crippen molar-refractivity contribution in [1.82, 2.24) is 0 Å². The lowest BCUT2D eigenvalue weighted by Crippen LogP contribution is -2.11. The molecule has 0 aromatic heterocycles. The van der Waals surface area contributed by atoms with Crippen molar-refractivity contribution >= 4 is 35.1 Å². The zero-order valence-electron chi connectivity index (χ0n) is 13.3. The van der Waals surface area contributed by atoms with Gasteiger partial charge in [0.25, 0.3) is 0 Å². The van der Waals surface area contributed by atoms with Gasteiger partial charge in [-0.15, -0.1) is 0 Å². The van der Waals surface area contributed by atoms with Crippen molar-refractivity contribution in [3.8, 4) is 11.5 Å². The Morgan fingerprint density at radius 3 is 2.48 bits per heavy atom. The molecule has 0 radical (unpaired) electrons. The molecule has 2 aromatic rings. The van der Waals surface area contributed by atoms with Crippen LogP contribution in [0.2, 0.25) is 10.0 Å². The smallest absolute Gasteiger partial charge is 0.180 e. The number of rotatable bonds is 6. The summed E-state index contributed by atoms with van der Waals surface area (Å²) in [5.41, 5.74) is 1.64. The van der Waals surface area contributed by atoms with Crippen LogP contribution in [0.3, 0.4) is 0 Å². The van der Waals surface area contributed by atoms with Gasteiger partial charge in [0.05, 0.1) is 23.9 Å². The molecule has 23 heavy (non-hydrogen) atoms. The highest BCUT2D eigenvalue weighted by molar-refractivity contribution is 6.32. The van der Waals surface area contributed by atoms with Gasteiger partial charge in [0, 0.05) is 11.2 Å². The number of nitrogens with zero attached hydrogens (tertiary/aromatic N) is 1. The fourth-order valence-corrected chi connectivity index (χ4v) is 2.28. The number of ether oxygens (including phenoxy) is 2. The van der Waals surface area contributed by atoms with Crippen molar-refractivity contribution in [1.29, 1.82) is 0 Å². The van der Waals surface area contributed by atoms with Crippen LogP contribution in [0.4, 0.5) is 5.69 Å². The van der Waals surface area contributed by atoms with Gasteiger partial charge < -0.3 is 9.47 Å². The minimum Gasteiger partial charge on any atom is -0.493 e. The van der Waals surface area contributed by atoms with Crippen molar-refractivity contribution in [2.24, 2.45) is 4.99 Å². The predicted octanol–water partition coefficient (Wildman–Crippen LogP) is 5.93. The van der Waals surface area contributed by atoms with Crippen LogP contribution < -0.4 is 9.47 Å². The molecule has 1 atom stereocenters. The summed E-state index contributed by atoms with van der Waals surface area (Å²) < 4.78 is 11.2. The van der Waals surface area contributed by atoms with Gasteiger partial charge in [-0.05, 0) is 55.3 Å². The van der Waals surface area contributed by atoms with Crippen LogP contribution in [-0.4, -0.2) is 19.4 Å². The highest BCUT2D eigenvalue weighted by Gasteiger charge is 2.13. The van der Waals surface area contributed by atoms with Crippen molar-refractivity contribution < 1.29 is 9.47 Å². The third-order valence-electron chi connectivity index (χ3n) is 3.34. The maximum Gasteiger partial charge on any atom is 0.180 e. The molecule has 3 nitrogen and oxygen atoms in total. The van der Waals surface area contributed by atoms with E-state index in [1.54, 1.807) is 31.5 Å². The standard InChI is InChI=1S/C18H19Cl2NO2/c1-4-12(2)23-18-16(20)9-13(10-17(18)22-3)11-21-15-7-5-14(19)6-8-15/h5-12H,4H2,1-3H3/t12-/m0/s1. The van der Waals surface area contributed by atoms with E-state index in [1.165, 1.54) is 0 Å². The Bertz CT molecular complexity index is 684. The van der Waals surface area contributed by atoms with Crippen molar-refractivity contribution in [3.05, 3.63) is 52.0 Å². The highest BCUT2D eigenvalue weighted by atomic mass is 35.5. The molecule has 0 aliphatic heterocycles. The van der Waals surface area contributed by atoms with Crippen LogP contribution in [0, 0.1) is 0 Å². The summed E-state index contributed by atoms with van der Waals surface area (Å²) in [7, 11) is 1.59. The summed E-state index contributed by atoms with van der Waals surface area (Å²) in [4.78, 5) is 4.40. The minimum atomic E-state index is 0.0648. The summed E-state index contributed by atoms with van der Waals surface area (Å²) in [6, 6.07) is 10.9. The van der Waals surface area contributed by atoms with Crippen LogP contribution in [-0.2, 0) is 0 Å². The van der Waals surface area contributed by atoms with Gasteiger partial charge in [-0.3, -0.25) is 4.99 Å². The topological polar surface area (TPSA) is 30.8 Å². The average Bonchev–Trinajstić information content (AvgIpc) is 2.56. The van der Waals surface area contributed by atoms with Gasteiger partial charge in [0.15, 0.2) is 11.5 Å². The van der Waals surface area contributed by atoms with Gasteiger partial charge in [-0.1, -0.05) is 30.1 Å². The van der Waals surface area contributed by atoms with Gasteiger partial charge in [0.1, 0.15) is 0 Å². The number of hydrogen-bond acceptors (Lipinski definition) is 3. The number of aliphatic imine (C=N–C) groups is 1. The third kappa shape index (κ3) is 4.88. The molecule has 0 aliphatic carbocycles. The third-order valence-corrected chi connectivity index (χ3v) is 3.87. The summed E-state index contributed by atoms with van der Waals surface area (Å²) >= 11 is 12.2. The largest absolute Gasteiger partial charge is 0.493 e. The molecule has 5 heteroatoms. The molecule has 0 saturated carbocycles. The Labute approximate surface area is 146 Å². The molecule has 0 unspecified atom stereocenters. The first-order valence-electron chi connectivity index (χ1n) is 7.37. The molecular formula is C18H19Cl2NO2. The van der Waals surface area contributed by atoms with E-state index in [0.717, 1.165) is 17.7 Å². The molecule has 0 heterocycles. The summed E-state index contributed by atoms with van der Waals surface area (Å²) in [5.74, 6) is 1.16. The average molecular weight is 352 g/mol. The van der Waals surface area contributed by atoms with E-state index in [2.05, 4.69) is 11.9 Å². The van der Waals surface area contributed by atoms with Gasteiger partial charge in [0.2, 0.25) is 0 Å². The normalized spacial score (nSPS) is 12.4. The molecule has 2 aromatic carbocycles. The quantitative estimate of drug-likeness (QED) is 0.603. The molecule has 122 valence electrons. The zero-order chi connectivity index (χ0) is 16.8. The predicted molar refractivity (Wildman–Crippen MR) is 97.1 cm³/mol. The lowest BCUT2D eigenvalue weighted by molar-refractivity contribution is 0.208. The monoisotopic (exact) mass is 351 g/mol. The highest BCUT2D eigenvalue weighted by Crippen LogP contribution is 2.37. The second-order valence-corrected chi connectivity index (χ2v) is 5.95. The van der Waals surface area contributed by atoms with E-state index in [1.807, 2.05) is 25.1 Å². The van der Waals surface area contributed by atoms with Gasteiger partial charge >= 0.3 is 0 Å². The molecule has 0 bridgehead atoms. The van der Waals surface area contributed by atoms with E-state index in [9.17, 15) is 0 Å². The molecule has 0 fully saturated rings. The van der Waals surface area contributed by atoms with Crippen molar-refractivity contribution in [2.75, 3.05) is 7.11 Å². The Morgan fingerprint density at radius 2 is 1.87 bits per heavy atom. The molecular weight excluding hydrogens is 333 g/mol.